The lowest BCUT2D eigenvalue weighted by atomic mass is 10.1. The molecule has 8 heteroatoms. The number of aromatic nitrogens is 4. The van der Waals surface area contributed by atoms with Crippen LogP contribution in [0.5, 0.6) is 0 Å². The monoisotopic (exact) mass is 315 g/mol. The molecule has 2 aromatic heterocycles. The zero-order valence-electron chi connectivity index (χ0n) is 11.8. The number of benzene rings is 1. The number of aromatic amines is 1. The maximum atomic E-state index is 13.0. The van der Waals surface area contributed by atoms with E-state index in [4.69, 9.17) is 0 Å². The third-order valence-corrected chi connectivity index (χ3v) is 3.01. The van der Waals surface area contributed by atoms with Gasteiger partial charge in [-0.05, 0) is 23.8 Å². The molecule has 0 aliphatic heterocycles. The van der Waals surface area contributed by atoms with Gasteiger partial charge in [-0.3, -0.25) is 20.2 Å². The minimum atomic E-state index is -0.607. The van der Waals surface area contributed by atoms with E-state index in [1.54, 1.807) is 12.1 Å². The molecule has 2 heterocycles. The lowest BCUT2D eigenvalue weighted by Crippen LogP contribution is -2.13. The second-order valence-electron chi connectivity index (χ2n) is 4.75. The number of nitrogens with zero attached hydrogens (tertiary/aromatic N) is 3. The molecule has 0 unspecified atom stereocenters. The molecule has 3 aromatic rings. The van der Waals surface area contributed by atoms with Gasteiger partial charge in [0.1, 0.15) is 17.5 Å². The van der Waals surface area contributed by atoms with E-state index in [1.807, 2.05) is 0 Å². The van der Waals surface area contributed by atoms with Crippen molar-refractivity contribution in [2.24, 2.45) is 0 Å². The molecule has 1 aromatic carbocycles. The van der Waals surface area contributed by atoms with Crippen molar-refractivity contribution in [1.29, 1.82) is 0 Å². The Labute approximate surface area is 129 Å². The van der Waals surface area contributed by atoms with Crippen molar-refractivity contribution in [3.8, 4) is 0 Å². The van der Waals surface area contributed by atoms with Crippen LogP contribution >= 0.6 is 0 Å². The van der Waals surface area contributed by atoms with E-state index in [-0.39, 0.29) is 17.3 Å². The summed E-state index contributed by atoms with van der Waals surface area (Å²) in [4.78, 5) is 19.6. The van der Waals surface area contributed by atoms with Gasteiger partial charge in [0, 0.05) is 12.6 Å². The Kier molecular flexibility index (Phi) is 4.05. The molecule has 0 saturated heterocycles. The Hall–Kier alpha value is -3.16. The molecule has 0 spiro atoms. The Morgan fingerprint density at radius 1 is 1.13 bits per heavy atom. The molecule has 0 saturated carbocycles. The molecule has 0 fully saturated rings. The summed E-state index contributed by atoms with van der Waals surface area (Å²) in [6.45, 7) is 0. The average molecular weight is 315 g/mol. The molecule has 0 aliphatic carbocycles. The first-order valence-electron chi connectivity index (χ1n) is 6.68. The van der Waals surface area contributed by atoms with Crippen molar-refractivity contribution in [3.05, 3.63) is 71.3 Å². The first kappa shape index (κ1) is 14.8. The minimum absolute atomic E-state index is 0.0647. The number of pyridine rings is 1. The molecule has 1 amide bonds. The van der Waals surface area contributed by atoms with Crippen LogP contribution in [0.1, 0.15) is 21.7 Å². The number of H-pyrrole nitrogens is 1. The van der Waals surface area contributed by atoms with Crippen LogP contribution in [0.15, 0.2) is 42.7 Å². The number of rotatable bonds is 4. The van der Waals surface area contributed by atoms with Crippen molar-refractivity contribution in [3.63, 3.8) is 0 Å². The molecule has 3 rings (SSSR count). The largest absolute Gasteiger partial charge is 0.289 e. The van der Waals surface area contributed by atoms with Gasteiger partial charge in [0.25, 0.3) is 5.91 Å². The van der Waals surface area contributed by atoms with E-state index < -0.39 is 11.7 Å². The van der Waals surface area contributed by atoms with Crippen molar-refractivity contribution >= 4 is 11.9 Å². The van der Waals surface area contributed by atoms with E-state index in [2.05, 4.69) is 25.5 Å². The smallest absolute Gasteiger partial charge is 0.259 e. The van der Waals surface area contributed by atoms with E-state index in [0.717, 1.165) is 17.8 Å². The van der Waals surface area contributed by atoms with Gasteiger partial charge in [-0.1, -0.05) is 12.1 Å². The van der Waals surface area contributed by atoms with Crippen LogP contribution in [-0.4, -0.2) is 26.1 Å². The fourth-order valence-electron chi connectivity index (χ4n) is 1.94. The van der Waals surface area contributed by atoms with E-state index in [0.29, 0.717) is 12.2 Å². The van der Waals surface area contributed by atoms with E-state index in [9.17, 15) is 13.6 Å². The first-order chi connectivity index (χ1) is 11.1. The number of anilines is 1. The maximum absolute atomic E-state index is 13.0. The predicted octanol–water partition coefficient (Wildman–Crippen LogP) is 2.32. The van der Waals surface area contributed by atoms with E-state index in [1.165, 1.54) is 18.3 Å². The van der Waals surface area contributed by atoms with Crippen LogP contribution in [0.4, 0.5) is 14.7 Å². The second-order valence-corrected chi connectivity index (χ2v) is 4.75. The molecule has 0 atom stereocenters. The standard InChI is InChI=1S/C15H11F2N5O/c16-11-3-1-9(2-4-11)5-13-19-15(22-21-13)20-14(23)10-6-12(17)8-18-7-10/h1-4,6-8H,5H2,(H2,19,20,21,22,23). The second kappa shape index (κ2) is 6.30. The Bertz CT molecular complexity index is 832. The summed E-state index contributed by atoms with van der Waals surface area (Å²) in [5.41, 5.74) is 0.907. The number of carbonyl (C=O) groups is 1. The van der Waals surface area contributed by atoms with Gasteiger partial charge in [0.05, 0.1) is 11.8 Å². The van der Waals surface area contributed by atoms with Crippen LogP contribution in [0, 0.1) is 11.6 Å². The van der Waals surface area contributed by atoms with Crippen LogP contribution in [0.3, 0.4) is 0 Å². The summed E-state index contributed by atoms with van der Waals surface area (Å²) in [5.74, 6) is -0.919. The number of halogens is 2. The Morgan fingerprint density at radius 2 is 1.91 bits per heavy atom. The molecular weight excluding hydrogens is 304 g/mol. The molecule has 116 valence electrons. The number of amides is 1. The number of hydrogen-bond acceptors (Lipinski definition) is 4. The molecule has 0 bridgehead atoms. The quantitative estimate of drug-likeness (QED) is 0.774. The van der Waals surface area contributed by atoms with Crippen LogP contribution < -0.4 is 5.32 Å². The van der Waals surface area contributed by atoms with Crippen LogP contribution in [0.25, 0.3) is 0 Å². The third kappa shape index (κ3) is 3.73. The molecular formula is C15H11F2N5O. The zero-order valence-corrected chi connectivity index (χ0v) is 11.8. The van der Waals surface area contributed by atoms with Crippen molar-refractivity contribution in [2.45, 2.75) is 6.42 Å². The van der Waals surface area contributed by atoms with Crippen LogP contribution in [0.2, 0.25) is 0 Å². The highest BCUT2D eigenvalue weighted by Crippen LogP contribution is 2.09. The molecule has 0 radical (unpaired) electrons. The number of hydrogen-bond donors (Lipinski definition) is 2. The highest BCUT2D eigenvalue weighted by Gasteiger charge is 2.11. The summed E-state index contributed by atoms with van der Waals surface area (Å²) in [6.07, 6.45) is 2.65. The maximum Gasteiger partial charge on any atom is 0.259 e. The Balaban J connectivity index is 1.67. The minimum Gasteiger partial charge on any atom is -0.289 e. The third-order valence-electron chi connectivity index (χ3n) is 3.01. The molecule has 6 nitrogen and oxygen atoms in total. The number of carbonyl (C=O) groups excluding carboxylic acids is 1. The summed E-state index contributed by atoms with van der Waals surface area (Å²) >= 11 is 0. The van der Waals surface area contributed by atoms with Crippen molar-refractivity contribution in [1.82, 2.24) is 20.2 Å². The van der Waals surface area contributed by atoms with Gasteiger partial charge in [0.2, 0.25) is 5.95 Å². The highest BCUT2D eigenvalue weighted by atomic mass is 19.1. The Morgan fingerprint density at radius 3 is 2.65 bits per heavy atom. The van der Waals surface area contributed by atoms with Gasteiger partial charge >= 0.3 is 0 Å². The first-order valence-corrected chi connectivity index (χ1v) is 6.68. The van der Waals surface area contributed by atoms with Gasteiger partial charge in [0.15, 0.2) is 0 Å². The summed E-state index contributed by atoms with van der Waals surface area (Å²) < 4.78 is 25.9. The fourth-order valence-corrected chi connectivity index (χ4v) is 1.94. The lowest BCUT2D eigenvalue weighted by Gasteiger charge is -2.00. The summed E-state index contributed by atoms with van der Waals surface area (Å²) in [6, 6.07) is 7.04. The van der Waals surface area contributed by atoms with Crippen LogP contribution in [-0.2, 0) is 6.42 Å². The van der Waals surface area contributed by atoms with Gasteiger partial charge in [-0.25, -0.2) is 8.78 Å². The van der Waals surface area contributed by atoms with Gasteiger partial charge < -0.3 is 0 Å². The fraction of sp³-hybridized carbons (Fsp3) is 0.0667. The molecule has 2 N–H and O–H groups in total. The van der Waals surface area contributed by atoms with Crippen molar-refractivity contribution < 1.29 is 13.6 Å². The molecule has 23 heavy (non-hydrogen) atoms. The zero-order chi connectivity index (χ0) is 16.2. The lowest BCUT2D eigenvalue weighted by molar-refractivity contribution is 0.102. The van der Waals surface area contributed by atoms with Gasteiger partial charge in [-0.15, -0.1) is 5.10 Å². The average Bonchev–Trinajstić information content (AvgIpc) is 2.96. The van der Waals surface area contributed by atoms with Gasteiger partial charge in [-0.2, -0.15) is 4.98 Å². The number of nitrogens with one attached hydrogen (secondary N) is 2. The summed E-state index contributed by atoms with van der Waals surface area (Å²) in [5, 5.41) is 8.98. The SMILES string of the molecule is O=C(Nc1n[nH]c(Cc2ccc(F)cc2)n1)c1cncc(F)c1. The summed E-state index contributed by atoms with van der Waals surface area (Å²) in [7, 11) is 0. The predicted molar refractivity (Wildman–Crippen MR) is 77.7 cm³/mol. The topological polar surface area (TPSA) is 83.6 Å². The highest BCUT2D eigenvalue weighted by molar-refractivity contribution is 6.03. The van der Waals surface area contributed by atoms with E-state index >= 15 is 0 Å². The molecule has 0 aliphatic rings. The van der Waals surface area contributed by atoms with Crippen molar-refractivity contribution in [2.75, 3.05) is 5.32 Å². The normalized spacial score (nSPS) is 10.5.